The van der Waals surface area contributed by atoms with E-state index in [1.807, 2.05) is 0 Å². The van der Waals surface area contributed by atoms with Crippen LogP contribution >= 0.6 is 0 Å². The fourth-order valence-corrected chi connectivity index (χ4v) is 2.72. The van der Waals surface area contributed by atoms with Crippen molar-refractivity contribution in [2.24, 2.45) is 0 Å². The van der Waals surface area contributed by atoms with Crippen LogP contribution < -0.4 is 0 Å². The van der Waals surface area contributed by atoms with Crippen molar-refractivity contribution in [1.29, 1.82) is 0 Å². The first-order valence-corrected chi connectivity index (χ1v) is 6.15. The van der Waals surface area contributed by atoms with Gasteiger partial charge >= 0.3 is 0 Å². The molecule has 0 saturated carbocycles. The number of hydrogen-bond acceptors (Lipinski definition) is 1. The molecule has 1 N–H and O–H groups in total. The van der Waals surface area contributed by atoms with Crippen LogP contribution in [0.5, 0.6) is 0 Å². The topological polar surface area (TPSA) is 25.2 Å². The summed E-state index contributed by atoms with van der Waals surface area (Å²) in [5, 5.41) is 9.89. The summed E-state index contributed by atoms with van der Waals surface area (Å²) in [7, 11) is 0. The number of rotatable bonds is 3. The molecule has 0 aliphatic heterocycles. The van der Waals surface area contributed by atoms with Crippen LogP contribution in [0.15, 0.2) is 12.3 Å². The smallest absolute Gasteiger partial charge is 0.0807 e. The minimum atomic E-state index is -0.218. The van der Waals surface area contributed by atoms with Gasteiger partial charge < -0.3 is 9.67 Å². The Balaban J connectivity index is 2.33. The second kappa shape index (κ2) is 4.40. The van der Waals surface area contributed by atoms with Gasteiger partial charge in [0.15, 0.2) is 0 Å². The van der Waals surface area contributed by atoms with Gasteiger partial charge in [0.2, 0.25) is 0 Å². The van der Waals surface area contributed by atoms with Crippen LogP contribution in [0.2, 0.25) is 0 Å². The molecular formula is C13H21NO. The molecule has 0 aromatic carbocycles. The van der Waals surface area contributed by atoms with E-state index in [0.717, 1.165) is 19.3 Å². The van der Waals surface area contributed by atoms with E-state index in [1.165, 1.54) is 24.1 Å². The van der Waals surface area contributed by atoms with Crippen LogP contribution in [-0.4, -0.2) is 9.67 Å². The highest BCUT2D eigenvalue weighted by Crippen LogP contribution is 2.33. The average molecular weight is 207 g/mol. The zero-order valence-electron chi connectivity index (χ0n) is 9.74. The number of hydrogen-bond donors (Lipinski definition) is 1. The highest BCUT2D eigenvalue weighted by atomic mass is 16.3. The molecule has 1 heterocycles. The molecule has 1 aromatic rings. The van der Waals surface area contributed by atoms with E-state index in [4.69, 9.17) is 0 Å². The molecule has 2 rings (SSSR count). The molecule has 0 amide bonds. The molecule has 0 radical (unpaired) electrons. The van der Waals surface area contributed by atoms with E-state index < -0.39 is 0 Å². The molecule has 2 nitrogen and oxygen atoms in total. The van der Waals surface area contributed by atoms with Crippen LogP contribution in [0.3, 0.4) is 0 Å². The van der Waals surface area contributed by atoms with Gasteiger partial charge in [0.25, 0.3) is 0 Å². The Morgan fingerprint density at radius 3 is 2.87 bits per heavy atom. The van der Waals surface area contributed by atoms with Gasteiger partial charge in [0.1, 0.15) is 0 Å². The van der Waals surface area contributed by atoms with Gasteiger partial charge in [-0.2, -0.15) is 0 Å². The molecule has 0 fully saturated rings. The standard InChI is InChI=1S/C13H21NO/c1-3-10(4-2)14-9-8-11-12(14)6-5-7-13(11)15/h8-10,13,15H,3-7H2,1-2H3. The van der Waals surface area contributed by atoms with Crippen LogP contribution in [-0.2, 0) is 6.42 Å². The van der Waals surface area contributed by atoms with E-state index in [9.17, 15) is 5.11 Å². The van der Waals surface area contributed by atoms with Crippen molar-refractivity contribution in [3.63, 3.8) is 0 Å². The molecule has 1 atom stereocenters. The number of aliphatic hydroxyl groups excluding tert-OH is 1. The predicted molar refractivity (Wildman–Crippen MR) is 61.9 cm³/mol. The maximum atomic E-state index is 9.89. The fraction of sp³-hybridized carbons (Fsp3) is 0.692. The number of aliphatic hydroxyl groups is 1. The SMILES string of the molecule is CCC(CC)n1ccc2c1CCCC2O. The largest absolute Gasteiger partial charge is 0.388 e. The van der Waals surface area contributed by atoms with E-state index in [0.29, 0.717) is 6.04 Å². The minimum Gasteiger partial charge on any atom is -0.388 e. The average Bonchev–Trinajstić information content (AvgIpc) is 2.66. The van der Waals surface area contributed by atoms with E-state index >= 15 is 0 Å². The highest BCUT2D eigenvalue weighted by Gasteiger charge is 2.22. The summed E-state index contributed by atoms with van der Waals surface area (Å²) in [6.07, 6.45) is 7.48. The van der Waals surface area contributed by atoms with E-state index in [1.54, 1.807) is 0 Å². The molecule has 1 aliphatic carbocycles. The van der Waals surface area contributed by atoms with E-state index in [2.05, 4.69) is 30.7 Å². The third kappa shape index (κ3) is 1.83. The molecule has 0 spiro atoms. The molecule has 0 saturated heterocycles. The lowest BCUT2D eigenvalue weighted by atomic mass is 9.95. The zero-order chi connectivity index (χ0) is 10.8. The quantitative estimate of drug-likeness (QED) is 0.809. The van der Waals surface area contributed by atoms with Gasteiger partial charge in [0.05, 0.1) is 6.10 Å². The summed E-state index contributed by atoms with van der Waals surface area (Å²) >= 11 is 0. The van der Waals surface area contributed by atoms with E-state index in [-0.39, 0.29) is 6.10 Å². The molecule has 1 aliphatic rings. The summed E-state index contributed by atoms with van der Waals surface area (Å²) in [5.41, 5.74) is 2.55. The van der Waals surface area contributed by atoms with Crippen molar-refractivity contribution in [1.82, 2.24) is 4.57 Å². The summed E-state index contributed by atoms with van der Waals surface area (Å²) < 4.78 is 2.39. The van der Waals surface area contributed by atoms with Gasteiger partial charge in [-0.05, 0) is 38.2 Å². The Kier molecular flexibility index (Phi) is 3.15. The third-order valence-electron chi connectivity index (χ3n) is 3.65. The second-order valence-electron chi connectivity index (χ2n) is 4.50. The molecular weight excluding hydrogens is 186 g/mol. The molecule has 15 heavy (non-hydrogen) atoms. The van der Waals surface area contributed by atoms with Gasteiger partial charge in [0, 0.05) is 23.5 Å². The van der Waals surface area contributed by atoms with Crippen molar-refractivity contribution in [2.75, 3.05) is 0 Å². The van der Waals surface area contributed by atoms with Crippen LogP contribution in [0.1, 0.15) is 62.9 Å². The Morgan fingerprint density at radius 1 is 1.47 bits per heavy atom. The molecule has 1 unspecified atom stereocenters. The summed E-state index contributed by atoms with van der Waals surface area (Å²) in [5.74, 6) is 0. The molecule has 0 bridgehead atoms. The zero-order valence-corrected chi connectivity index (χ0v) is 9.74. The normalized spacial score (nSPS) is 20.7. The first kappa shape index (κ1) is 10.7. The number of nitrogens with zero attached hydrogens (tertiary/aromatic N) is 1. The third-order valence-corrected chi connectivity index (χ3v) is 3.65. The number of aromatic nitrogens is 1. The minimum absolute atomic E-state index is 0.218. The predicted octanol–water partition coefficient (Wildman–Crippen LogP) is 3.22. The van der Waals surface area contributed by atoms with Crippen molar-refractivity contribution < 1.29 is 5.11 Å². The molecule has 84 valence electrons. The van der Waals surface area contributed by atoms with Crippen molar-refractivity contribution in [2.45, 2.75) is 58.1 Å². The van der Waals surface area contributed by atoms with Gasteiger partial charge in [-0.25, -0.2) is 0 Å². The maximum Gasteiger partial charge on any atom is 0.0807 e. The maximum absolute atomic E-state index is 9.89. The van der Waals surface area contributed by atoms with Gasteiger partial charge in [-0.3, -0.25) is 0 Å². The number of fused-ring (bicyclic) bond motifs is 1. The van der Waals surface area contributed by atoms with Gasteiger partial charge in [-0.15, -0.1) is 0 Å². The second-order valence-corrected chi connectivity index (χ2v) is 4.50. The van der Waals surface area contributed by atoms with Gasteiger partial charge in [-0.1, -0.05) is 13.8 Å². The fourth-order valence-electron chi connectivity index (χ4n) is 2.72. The Hall–Kier alpha value is -0.760. The summed E-state index contributed by atoms with van der Waals surface area (Å²) in [4.78, 5) is 0. The molecule has 2 heteroatoms. The Bertz CT molecular complexity index is 325. The molecule has 1 aromatic heterocycles. The van der Waals surface area contributed by atoms with Crippen LogP contribution in [0.4, 0.5) is 0 Å². The Labute approximate surface area is 91.9 Å². The lowest BCUT2D eigenvalue weighted by Gasteiger charge is -2.24. The lowest BCUT2D eigenvalue weighted by molar-refractivity contribution is 0.155. The van der Waals surface area contributed by atoms with Crippen molar-refractivity contribution in [3.8, 4) is 0 Å². The van der Waals surface area contributed by atoms with Crippen LogP contribution in [0, 0.1) is 0 Å². The first-order valence-electron chi connectivity index (χ1n) is 6.15. The summed E-state index contributed by atoms with van der Waals surface area (Å²) in [6, 6.07) is 2.72. The monoisotopic (exact) mass is 207 g/mol. The highest BCUT2D eigenvalue weighted by molar-refractivity contribution is 5.27. The first-order chi connectivity index (χ1) is 7.27. The lowest BCUT2D eigenvalue weighted by Crippen LogP contribution is -2.15. The van der Waals surface area contributed by atoms with Crippen LogP contribution in [0.25, 0.3) is 0 Å². The Morgan fingerprint density at radius 2 is 2.20 bits per heavy atom. The summed E-state index contributed by atoms with van der Waals surface area (Å²) in [6.45, 7) is 4.47. The van der Waals surface area contributed by atoms with Crippen molar-refractivity contribution in [3.05, 3.63) is 23.5 Å². The van der Waals surface area contributed by atoms with Crippen molar-refractivity contribution >= 4 is 0 Å².